The zero-order valence-electron chi connectivity index (χ0n) is 24.8. The number of nitrogens with zero attached hydrogens (tertiary/aromatic N) is 3. The Hall–Kier alpha value is -3.06. The lowest BCUT2D eigenvalue weighted by molar-refractivity contribution is -0.146. The quantitative estimate of drug-likeness (QED) is 0.295. The molecule has 0 bridgehead atoms. The molecule has 0 saturated carbocycles. The Balaban J connectivity index is 1.62. The van der Waals surface area contributed by atoms with Crippen LogP contribution in [0.4, 0.5) is 13.8 Å². The summed E-state index contributed by atoms with van der Waals surface area (Å²) in [6.45, 7) is 1.12. The average Bonchev–Trinajstić information content (AvgIpc) is 3.36. The molecule has 2 N–H and O–H groups in total. The number of piperidine rings is 1. The molecule has 12 heteroatoms. The number of aryl methyl sites for hydroxylation is 1. The van der Waals surface area contributed by atoms with Crippen LogP contribution >= 0.6 is 11.3 Å². The van der Waals surface area contributed by atoms with Crippen LogP contribution in [0.5, 0.6) is 11.5 Å². The predicted molar refractivity (Wildman–Crippen MR) is 162 cm³/mol. The highest BCUT2D eigenvalue weighted by Gasteiger charge is 2.48. The van der Waals surface area contributed by atoms with Gasteiger partial charge < -0.3 is 29.4 Å². The van der Waals surface area contributed by atoms with Gasteiger partial charge in [-0.2, -0.15) is 0 Å². The first-order valence-electron chi connectivity index (χ1n) is 14.0. The maximum absolute atomic E-state index is 15.1. The van der Waals surface area contributed by atoms with Crippen molar-refractivity contribution in [2.24, 2.45) is 13.0 Å². The molecule has 1 fully saturated rings. The number of likely N-dealkylation sites (tertiary alicyclic amines) is 1. The topological polar surface area (TPSA) is 96.3 Å². The van der Waals surface area contributed by atoms with E-state index in [1.54, 1.807) is 38.4 Å². The van der Waals surface area contributed by atoms with E-state index in [1.165, 1.54) is 15.9 Å². The first-order valence-corrected chi connectivity index (χ1v) is 14.9. The number of nitrogens with one attached hydrogen (secondary N) is 1. The SMILES string of the molecule is COc1cc(-c2cn(C)c(=O)c3cc(NC(=O)C4CCN(CCCCCO)CC4(F)F)sc23)cc(OC)c1CN(C)C. The number of carbonyl (C=O) groups is 1. The van der Waals surface area contributed by atoms with Crippen LogP contribution in [-0.2, 0) is 18.4 Å². The van der Waals surface area contributed by atoms with E-state index in [0.29, 0.717) is 52.6 Å². The molecule has 1 unspecified atom stereocenters. The third-order valence-corrected chi connectivity index (χ3v) is 8.70. The molecule has 0 spiro atoms. The summed E-state index contributed by atoms with van der Waals surface area (Å²) in [5.74, 6) is -4.13. The van der Waals surface area contributed by atoms with Gasteiger partial charge in [0.2, 0.25) is 5.91 Å². The summed E-state index contributed by atoms with van der Waals surface area (Å²) in [6, 6.07) is 5.33. The van der Waals surface area contributed by atoms with Crippen LogP contribution < -0.4 is 20.3 Å². The van der Waals surface area contributed by atoms with Gasteiger partial charge in [-0.3, -0.25) is 14.5 Å². The smallest absolute Gasteiger partial charge is 0.272 e. The number of ether oxygens (including phenoxy) is 2. The van der Waals surface area contributed by atoms with E-state index >= 15 is 8.78 Å². The van der Waals surface area contributed by atoms with Crippen molar-refractivity contribution >= 4 is 32.3 Å². The first-order chi connectivity index (χ1) is 20.0. The minimum atomic E-state index is -3.18. The van der Waals surface area contributed by atoms with Crippen molar-refractivity contribution in [3.05, 3.63) is 40.3 Å². The van der Waals surface area contributed by atoms with E-state index in [-0.39, 0.29) is 18.6 Å². The molecule has 1 amide bonds. The summed E-state index contributed by atoms with van der Waals surface area (Å²) in [7, 11) is 8.72. The van der Waals surface area contributed by atoms with Gasteiger partial charge in [-0.15, -0.1) is 11.3 Å². The molecule has 42 heavy (non-hydrogen) atoms. The van der Waals surface area contributed by atoms with Gasteiger partial charge >= 0.3 is 0 Å². The van der Waals surface area contributed by atoms with Gasteiger partial charge in [-0.25, -0.2) is 8.78 Å². The van der Waals surface area contributed by atoms with Gasteiger partial charge in [-0.1, -0.05) is 0 Å². The van der Waals surface area contributed by atoms with Gasteiger partial charge in [0.05, 0.1) is 41.4 Å². The molecule has 1 aliphatic heterocycles. The fourth-order valence-electron chi connectivity index (χ4n) is 5.49. The second kappa shape index (κ2) is 13.5. The minimum Gasteiger partial charge on any atom is -0.496 e. The highest BCUT2D eigenvalue weighted by molar-refractivity contribution is 7.23. The first kappa shape index (κ1) is 31.9. The number of unbranched alkanes of at least 4 members (excludes halogenated alkanes) is 2. The Morgan fingerprint density at radius 1 is 1.17 bits per heavy atom. The molecular formula is C30H40F2N4O5S. The van der Waals surface area contributed by atoms with Gasteiger partial charge in [0.25, 0.3) is 11.5 Å². The normalized spacial score (nSPS) is 17.1. The second-order valence-corrected chi connectivity index (χ2v) is 12.1. The molecule has 3 aromatic rings. The highest BCUT2D eigenvalue weighted by Crippen LogP contribution is 2.41. The summed E-state index contributed by atoms with van der Waals surface area (Å²) in [4.78, 5) is 29.9. The number of rotatable bonds is 12. The van der Waals surface area contributed by atoms with Crippen LogP contribution in [0.25, 0.3) is 21.2 Å². The number of hydrogen-bond acceptors (Lipinski definition) is 8. The number of aromatic nitrogens is 1. The van der Waals surface area contributed by atoms with E-state index in [4.69, 9.17) is 14.6 Å². The molecule has 1 aliphatic rings. The van der Waals surface area contributed by atoms with Crippen LogP contribution in [0.2, 0.25) is 0 Å². The number of benzene rings is 1. The van der Waals surface area contributed by atoms with Gasteiger partial charge in [0.15, 0.2) is 0 Å². The zero-order chi connectivity index (χ0) is 30.6. The minimum absolute atomic E-state index is 0.0373. The highest BCUT2D eigenvalue weighted by atomic mass is 32.1. The molecule has 1 aromatic carbocycles. The molecule has 230 valence electrons. The largest absolute Gasteiger partial charge is 0.496 e. The number of anilines is 1. The number of thiophene rings is 1. The standard InChI is InChI=1S/C30H40F2N4O5S/c1-34(2)16-22-24(40-4)13-19(14-25(22)41-5)21-17-35(3)29(39)20-15-26(42-27(20)21)33-28(38)23-9-11-36(18-30(23,31)32)10-7-6-8-12-37/h13-15,17,23,37H,6-12,16,18H2,1-5H3,(H,33,38). The maximum Gasteiger partial charge on any atom is 0.272 e. The number of carbonyl (C=O) groups excluding carboxylic acids is 1. The third-order valence-electron chi connectivity index (χ3n) is 7.62. The number of halogens is 2. The van der Waals surface area contributed by atoms with Crippen molar-refractivity contribution in [2.45, 2.75) is 38.2 Å². The Bertz CT molecular complexity index is 1450. The Morgan fingerprint density at radius 2 is 1.86 bits per heavy atom. The van der Waals surface area contributed by atoms with Crippen molar-refractivity contribution in [1.29, 1.82) is 0 Å². The lowest BCUT2D eigenvalue weighted by Crippen LogP contribution is -2.52. The number of methoxy groups -OCH3 is 2. The summed E-state index contributed by atoms with van der Waals surface area (Å²) in [5, 5.41) is 12.3. The predicted octanol–water partition coefficient (Wildman–Crippen LogP) is 4.40. The lowest BCUT2D eigenvalue weighted by atomic mass is 9.91. The Labute approximate surface area is 248 Å². The van der Waals surface area contributed by atoms with Crippen molar-refractivity contribution < 1.29 is 28.2 Å². The summed E-state index contributed by atoms with van der Waals surface area (Å²) < 4.78 is 43.6. The molecular weight excluding hydrogens is 566 g/mol. The van der Waals surface area contributed by atoms with Crippen molar-refractivity contribution in [3.63, 3.8) is 0 Å². The summed E-state index contributed by atoms with van der Waals surface area (Å²) >= 11 is 1.18. The van der Waals surface area contributed by atoms with E-state index in [0.717, 1.165) is 29.5 Å². The number of fused-ring (bicyclic) bond motifs is 1. The zero-order valence-corrected chi connectivity index (χ0v) is 25.7. The number of aliphatic hydroxyl groups is 1. The van der Waals surface area contributed by atoms with Crippen LogP contribution in [-0.4, -0.2) is 85.9 Å². The van der Waals surface area contributed by atoms with Crippen LogP contribution in [0.15, 0.2) is 29.2 Å². The molecule has 1 atom stereocenters. The van der Waals surface area contributed by atoms with E-state index in [1.807, 2.05) is 31.1 Å². The average molecular weight is 607 g/mol. The van der Waals surface area contributed by atoms with E-state index in [2.05, 4.69) is 5.32 Å². The molecule has 1 saturated heterocycles. The van der Waals surface area contributed by atoms with E-state index < -0.39 is 24.3 Å². The van der Waals surface area contributed by atoms with Gasteiger partial charge in [-0.05, 0) is 76.6 Å². The third kappa shape index (κ3) is 6.94. The van der Waals surface area contributed by atoms with Crippen LogP contribution in [0.3, 0.4) is 0 Å². The summed E-state index contributed by atoms with van der Waals surface area (Å²) in [6.07, 6.45) is 3.91. The van der Waals surface area contributed by atoms with Crippen molar-refractivity contribution in [1.82, 2.24) is 14.4 Å². The van der Waals surface area contributed by atoms with Crippen molar-refractivity contribution in [3.8, 4) is 22.6 Å². The molecule has 2 aromatic heterocycles. The molecule has 0 aliphatic carbocycles. The number of alkyl halides is 2. The van der Waals surface area contributed by atoms with Crippen LogP contribution in [0.1, 0.15) is 31.2 Å². The number of amides is 1. The summed E-state index contributed by atoms with van der Waals surface area (Å²) in [5.41, 5.74) is 2.11. The molecule has 0 radical (unpaired) electrons. The lowest BCUT2D eigenvalue weighted by Gasteiger charge is -2.37. The molecule has 3 heterocycles. The number of pyridine rings is 1. The van der Waals surface area contributed by atoms with Crippen LogP contribution in [0, 0.1) is 5.92 Å². The second-order valence-electron chi connectivity index (χ2n) is 11.1. The molecule has 9 nitrogen and oxygen atoms in total. The van der Waals surface area contributed by atoms with Crippen molar-refractivity contribution in [2.75, 3.05) is 59.9 Å². The monoisotopic (exact) mass is 606 g/mol. The Morgan fingerprint density at radius 3 is 2.45 bits per heavy atom. The Kier molecular flexibility index (Phi) is 10.2. The maximum atomic E-state index is 15.1. The molecule has 4 rings (SSSR count). The number of aliphatic hydroxyl groups excluding tert-OH is 1. The number of hydrogen-bond donors (Lipinski definition) is 2. The van der Waals surface area contributed by atoms with Gasteiger partial charge in [0.1, 0.15) is 17.4 Å². The van der Waals surface area contributed by atoms with Gasteiger partial charge in [0, 0.05) is 32.0 Å². The van der Waals surface area contributed by atoms with E-state index in [9.17, 15) is 9.59 Å². The fourth-order valence-corrected chi connectivity index (χ4v) is 6.57. The fraction of sp³-hybridized carbons (Fsp3) is 0.533.